The highest BCUT2D eigenvalue weighted by molar-refractivity contribution is 6.37. The Morgan fingerprint density at radius 3 is 1.90 bits per heavy atom. The quantitative estimate of drug-likeness (QED) is 0.167. The highest BCUT2D eigenvalue weighted by Crippen LogP contribution is 2.88. The van der Waals surface area contributed by atoms with Gasteiger partial charge in [-0.1, -0.05) is 81.1 Å². The van der Waals surface area contributed by atoms with E-state index in [4.69, 9.17) is 11.5 Å². The van der Waals surface area contributed by atoms with Crippen LogP contribution >= 0.6 is 0 Å². The molecule has 1 unspecified atom stereocenters. The number of nitrogens with one attached hydrogen (secondary N) is 4. The van der Waals surface area contributed by atoms with Gasteiger partial charge in [-0.15, -0.1) is 0 Å². The Bertz CT molecular complexity index is 1420. The lowest BCUT2D eigenvalue weighted by molar-refractivity contribution is -0.143. The van der Waals surface area contributed by atoms with Crippen LogP contribution in [0.3, 0.4) is 0 Å². The Kier molecular flexibility index (Phi) is 9.71. The highest BCUT2D eigenvalue weighted by atomic mass is 16.2. The molecule has 6 amide bonds. The van der Waals surface area contributed by atoms with Crippen LogP contribution in [0.1, 0.15) is 120 Å². The summed E-state index contributed by atoms with van der Waals surface area (Å²) in [5.41, 5.74) is 9.08. The molecule has 0 bridgehead atoms. The van der Waals surface area contributed by atoms with Crippen molar-refractivity contribution in [3.05, 3.63) is 0 Å². The molecule has 5 aliphatic rings. The molecule has 0 radical (unpaired) electrons. The number of rotatable bonds is 12. The maximum atomic E-state index is 14.8. The number of hydrogen-bond donors (Lipinski definition) is 6. The molecule has 1 heterocycles. The van der Waals surface area contributed by atoms with Gasteiger partial charge in [-0.25, -0.2) is 4.79 Å². The summed E-state index contributed by atoms with van der Waals surface area (Å²) in [6, 6.07) is -3.97. The lowest BCUT2D eigenvalue weighted by Crippen LogP contribution is -2.62. The van der Waals surface area contributed by atoms with Gasteiger partial charge in [-0.3, -0.25) is 24.0 Å². The number of carbonyl (C=O) groups excluding carboxylic acids is 6. The maximum Gasteiger partial charge on any atom is 0.315 e. The first kappa shape index (κ1) is 38.0. The molecule has 13 nitrogen and oxygen atoms in total. The zero-order valence-electron chi connectivity index (χ0n) is 31.4. The molecule has 280 valence electrons. The van der Waals surface area contributed by atoms with Gasteiger partial charge in [0.25, 0.3) is 5.91 Å². The number of hydrogen-bond acceptors (Lipinski definition) is 7. The van der Waals surface area contributed by atoms with Crippen LogP contribution in [0.25, 0.3) is 0 Å². The van der Waals surface area contributed by atoms with Crippen molar-refractivity contribution in [2.45, 2.75) is 149 Å². The van der Waals surface area contributed by atoms with Crippen molar-refractivity contribution in [2.24, 2.45) is 44.5 Å². The molecule has 2 spiro atoms. The highest BCUT2D eigenvalue weighted by Gasteiger charge is 2.85. The van der Waals surface area contributed by atoms with Crippen molar-refractivity contribution in [1.29, 1.82) is 0 Å². The smallest absolute Gasteiger partial charge is 0.315 e. The van der Waals surface area contributed by atoms with E-state index in [1.54, 1.807) is 4.90 Å². The van der Waals surface area contributed by atoms with Crippen LogP contribution in [-0.4, -0.2) is 83.1 Å². The second-order valence-electron chi connectivity index (χ2n) is 18.9. The molecule has 5 fully saturated rings. The van der Waals surface area contributed by atoms with E-state index in [2.05, 4.69) is 35.1 Å². The molecule has 5 rings (SSSR count). The molecule has 0 aromatic heterocycles. The molecule has 1 aliphatic heterocycles. The monoisotopic (exact) mass is 699 g/mol. The standard InChI is InChI=1S/C37H61N7O6/c1-32(2,3)24(19-40-30(49)35(39)15-16-35)42-31(50)43-26(33(4,5)6)29(48)44-20-37(34(7,8)36(37)13-10-14-36)18-23(44)28(47)41-22(25(45)27(38)46)17-21-11-9-12-21/h21-24,26H,9-20,39H2,1-8H3,(H2,38,46)(H,40,49)(H,41,47)(H2,42,43,50)/t22?,23-,24+,26+,37+/m0/s1. The number of fused-ring (bicyclic) bond motifs is 1. The number of amides is 6. The van der Waals surface area contributed by atoms with Gasteiger partial charge in [0.05, 0.1) is 17.6 Å². The van der Waals surface area contributed by atoms with Crippen LogP contribution in [0.5, 0.6) is 0 Å². The third kappa shape index (κ3) is 6.63. The zero-order valence-corrected chi connectivity index (χ0v) is 31.4. The summed E-state index contributed by atoms with van der Waals surface area (Å²) in [5.74, 6) is -2.79. The average molecular weight is 700 g/mol. The minimum atomic E-state index is -1.09. The van der Waals surface area contributed by atoms with Gasteiger partial charge in [-0.05, 0) is 66.1 Å². The summed E-state index contributed by atoms with van der Waals surface area (Å²) in [7, 11) is 0. The number of Topliss-reactive ketones (excluding diaryl/α,β-unsaturated/α-hetero) is 1. The van der Waals surface area contributed by atoms with Crippen LogP contribution in [-0.2, 0) is 24.0 Å². The van der Waals surface area contributed by atoms with Crippen LogP contribution in [0.2, 0.25) is 0 Å². The fourth-order valence-corrected chi connectivity index (χ4v) is 9.25. The van der Waals surface area contributed by atoms with Crippen LogP contribution in [0, 0.1) is 33.0 Å². The molecule has 13 heteroatoms. The number of nitrogens with zero attached hydrogens (tertiary/aromatic N) is 1. The minimum absolute atomic E-state index is 0.0247. The van der Waals surface area contributed by atoms with E-state index in [0.29, 0.717) is 32.2 Å². The number of ketones is 1. The van der Waals surface area contributed by atoms with Gasteiger partial charge < -0.3 is 37.6 Å². The van der Waals surface area contributed by atoms with Crippen molar-refractivity contribution in [3.8, 4) is 0 Å². The molecule has 4 aliphatic carbocycles. The summed E-state index contributed by atoms with van der Waals surface area (Å²) in [6.07, 6.45) is 8.06. The molecule has 0 aromatic carbocycles. The van der Waals surface area contributed by atoms with E-state index in [1.165, 1.54) is 0 Å². The van der Waals surface area contributed by atoms with Gasteiger partial charge in [0.15, 0.2) is 0 Å². The Hall–Kier alpha value is -3.22. The summed E-state index contributed by atoms with van der Waals surface area (Å²) < 4.78 is 0. The van der Waals surface area contributed by atoms with Crippen LogP contribution < -0.4 is 32.7 Å². The predicted octanol–water partition coefficient (Wildman–Crippen LogP) is 2.25. The number of nitrogens with two attached hydrogens (primary N) is 2. The first-order valence-electron chi connectivity index (χ1n) is 18.6. The summed E-state index contributed by atoms with van der Waals surface area (Å²) in [6.45, 7) is 16.4. The van der Waals surface area contributed by atoms with Crippen molar-refractivity contribution in [2.75, 3.05) is 13.1 Å². The third-order valence-corrected chi connectivity index (χ3v) is 13.5. The molecular formula is C37H61N7O6. The van der Waals surface area contributed by atoms with Gasteiger partial charge in [0.1, 0.15) is 12.1 Å². The normalized spacial score (nSPS) is 27.6. The van der Waals surface area contributed by atoms with Gasteiger partial charge >= 0.3 is 6.03 Å². The molecule has 5 atom stereocenters. The van der Waals surface area contributed by atoms with E-state index in [1.807, 2.05) is 41.5 Å². The molecular weight excluding hydrogens is 638 g/mol. The lowest BCUT2D eigenvalue weighted by Gasteiger charge is -2.37. The Balaban J connectivity index is 1.37. The number of carbonyl (C=O) groups is 6. The average Bonchev–Trinajstić information content (AvgIpc) is 3.72. The lowest BCUT2D eigenvalue weighted by atomic mass is 9.73. The van der Waals surface area contributed by atoms with Crippen molar-refractivity contribution >= 4 is 35.4 Å². The van der Waals surface area contributed by atoms with Gasteiger partial charge in [-0.2, -0.15) is 0 Å². The van der Waals surface area contributed by atoms with E-state index in [-0.39, 0.29) is 40.5 Å². The fourth-order valence-electron chi connectivity index (χ4n) is 9.25. The molecule has 1 saturated heterocycles. The van der Waals surface area contributed by atoms with Crippen molar-refractivity contribution < 1.29 is 28.8 Å². The van der Waals surface area contributed by atoms with E-state index >= 15 is 0 Å². The Morgan fingerprint density at radius 2 is 1.46 bits per heavy atom. The van der Waals surface area contributed by atoms with E-state index < -0.39 is 64.2 Å². The number of likely N-dealkylation sites (tertiary alicyclic amines) is 1. The zero-order chi connectivity index (χ0) is 37.2. The summed E-state index contributed by atoms with van der Waals surface area (Å²) >= 11 is 0. The largest absolute Gasteiger partial charge is 0.363 e. The minimum Gasteiger partial charge on any atom is -0.363 e. The Labute approximate surface area is 296 Å². The number of primary amides is 1. The van der Waals surface area contributed by atoms with Crippen molar-refractivity contribution in [3.63, 3.8) is 0 Å². The topological polar surface area (TPSA) is 206 Å². The molecule has 0 aromatic rings. The third-order valence-electron chi connectivity index (χ3n) is 13.5. The predicted molar refractivity (Wildman–Crippen MR) is 188 cm³/mol. The second-order valence-corrected chi connectivity index (χ2v) is 18.9. The van der Waals surface area contributed by atoms with Gasteiger partial charge in [0, 0.05) is 18.5 Å². The molecule has 8 N–H and O–H groups in total. The summed E-state index contributed by atoms with van der Waals surface area (Å²) in [4.78, 5) is 81.7. The second kappa shape index (κ2) is 12.8. The molecule has 4 saturated carbocycles. The number of urea groups is 1. The fraction of sp³-hybridized carbons (Fsp3) is 0.838. The first-order chi connectivity index (χ1) is 23.0. The maximum absolute atomic E-state index is 14.8. The van der Waals surface area contributed by atoms with E-state index in [9.17, 15) is 28.8 Å². The van der Waals surface area contributed by atoms with Crippen molar-refractivity contribution in [1.82, 2.24) is 26.2 Å². The van der Waals surface area contributed by atoms with Crippen LogP contribution in [0.15, 0.2) is 0 Å². The van der Waals surface area contributed by atoms with E-state index in [0.717, 1.165) is 38.5 Å². The van der Waals surface area contributed by atoms with Gasteiger partial charge in [0.2, 0.25) is 23.5 Å². The molecule has 50 heavy (non-hydrogen) atoms. The van der Waals surface area contributed by atoms with Crippen LogP contribution in [0.4, 0.5) is 4.79 Å². The SMILES string of the molecule is CC(C)(C)[C@H](NC(=O)N[C@H](CNC(=O)C1(N)CC1)C(C)(C)C)C(=O)N1C[C@]2(C[C@H]1C(=O)NC(CC1CCC1)C(=O)C(N)=O)C(C)(C)C21CCC1. The first-order valence-corrected chi connectivity index (χ1v) is 18.6. The summed E-state index contributed by atoms with van der Waals surface area (Å²) in [5, 5.41) is 11.6. The Morgan fingerprint density at radius 1 is 0.840 bits per heavy atom.